The van der Waals surface area contributed by atoms with Gasteiger partial charge in [-0.15, -0.1) is 0 Å². The molecule has 1 rings (SSSR count). The lowest BCUT2D eigenvalue weighted by atomic mass is 10.2. The van der Waals surface area contributed by atoms with Crippen LogP contribution in [0.2, 0.25) is 0 Å². The molecule has 1 aromatic heterocycles. The number of nitrogens with zero attached hydrogens (tertiary/aromatic N) is 1. The van der Waals surface area contributed by atoms with E-state index in [1.165, 1.54) is 12.1 Å². The Balaban J connectivity index is 3.03. The Morgan fingerprint density at radius 2 is 2.08 bits per heavy atom. The van der Waals surface area contributed by atoms with Crippen molar-refractivity contribution in [2.75, 3.05) is 6.61 Å². The highest BCUT2D eigenvalue weighted by molar-refractivity contribution is 5.30. The highest BCUT2D eigenvalue weighted by Crippen LogP contribution is 2.20. The van der Waals surface area contributed by atoms with Crippen LogP contribution in [0.4, 0.5) is 0 Å². The molecule has 13 heavy (non-hydrogen) atoms. The molecular formula is C8H12N2O3. The zero-order chi connectivity index (χ0) is 9.84. The van der Waals surface area contributed by atoms with Crippen molar-refractivity contribution in [2.45, 2.75) is 12.6 Å². The molecule has 1 heterocycles. The molecule has 0 spiro atoms. The molecule has 0 aliphatic heterocycles. The molecular weight excluding hydrogens is 172 g/mol. The maximum absolute atomic E-state index is 9.30. The van der Waals surface area contributed by atoms with E-state index < -0.39 is 6.04 Å². The minimum absolute atomic E-state index is 0.0706. The molecule has 1 aromatic rings. The number of hydrogen-bond acceptors (Lipinski definition) is 5. The highest BCUT2D eigenvalue weighted by atomic mass is 16.3. The summed E-state index contributed by atoms with van der Waals surface area (Å²) >= 11 is 0. The smallest absolute Gasteiger partial charge is 0.138 e. The first-order chi connectivity index (χ1) is 6.19. The number of aliphatic hydroxyl groups excluding tert-OH is 2. The maximum atomic E-state index is 9.30. The highest BCUT2D eigenvalue weighted by Gasteiger charge is 2.11. The monoisotopic (exact) mass is 184 g/mol. The maximum Gasteiger partial charge on any atom is 0.138 e. The molecule has 0 amide bonds. The van der Waals surface area contributed by atoms with E-state index in [0.29, 0.717) is 5.69 Å². The van der Waals surface area contributed by atoms with E-state index in [4.69, 9.17) is 15.9 Å². The van der Waals surface area contributed by atoms with Crippen LogP contribution < -0.4 is 5.73 Å². The van der Waals surface area contributed by atoms with Gasteiger partial charge in [0.05, 0.1) is 24.9 Å². The summed E-state index contributed by atoms with van der Waals surface area (Å²) in [5, 5.41) is 26.8. The van der Waals surface area contributed by atoms with Crippen LogP contribution in [0.15, 0.2) is 12.1 Å². The van der Waals surface area contributed by atoms with Gasteiger partial charge in [0.1, 0.15) is 11.4 Å². The largest absolute Gasteiger partial charge is 0.506 e. The Bertz CT molecular complexity index is 291. The number of pyridine rings is 1. The van der Waals surface area contributed by atoms with Crippen LogP contribution in [-0.4, -0.2) is 26.9 Å². The molecule has 1 atom stereocenters. The minimum atomic E-state index is -0.716. The number of aromatic hydroxyl groups is 1. The van der Waals surface area contributed by atoms with Crippen LogP contribution in [-0.2, 0) is 6.61 Å². The van der Waals surface area contributed by atoms with Crippen LogP contribution in [0.25, 0.3) is 0 Å². The van der Waals surface area contributed by atoms with Crippen molar-refractivity contribution in [2.24, 2.45) is 5.73 Å². The van der Waals surface area contributed by atoms with Crippen LogP contribution in [0.5, 0.6) is 5.75 Å². The van der Waals surface area contributed by atoms with Crippen LogP contribution in [0, 0.1) is 0 Å². The molecule has 5 nitrogen and oxygen atoms in total. The first-order valence-electron chi connectivity index (χ1n) is 3.85. The topological polar surface area (TPSA) is 99.6 Å². The van der Waals surface area contributed by atoms with Gasteiger partial charge in [-0.25, -0.2) is 4.98 Å². The van der Waals surface area contributed by atoms with Crippen molar-refractivity contribution in [3.05, 3.63) is 23.5 Å². The summed E-state index contributed by atoms with van der Waals surface area (Å²) in [4.78, 5) is 3.88. The Morgan fingerprint density at radius 1 is 1.38 bits per heavy atom. The third kappa shape index (κ3) is 2.15. The van der Waals surface area contributed by atoms with Gasteiger partial charge in [-0.2, -0.15) is 0 Å². The Hall–Kier alpha value is -1.17. The molecule has 0 aliphatic carbocycles. The molecule has 0 radical (unpaired) electrons. The number of nitrogens with two attached hydrogens (primary N) is 1. The van der Waals surface area contributed by atoms with Gasteiger partial charge in [-0.3, -0.25) is 0 Å². The Morgan fingerprint density at radius 3 is 2.62 bits per heavy atom. The Labute approximate surface area is 75.5 Å². The normalized spacial score (nSPS) is 12.8. The van der Waals surface area contributed by atoms with Gasteiger partial charge in [0.25, 0.3) is 0 Å². The number of hydrogen-bond donors (Lipinski definition) is 4. The summed E-state index contributed by atoms with van der Waals surface area (Å²) in [6, 6.07) is 2.17. The van der Waals surface area contributed by atoms with Gasteiger partial charge in [0.15, 0.2) is 0 Å². The van der Waals surface area contributed by atoms with E-state index in [-0.39, 0.29) is 24.7 Å². The van der Waals surface area contributed by atoms with Crippen molar-refractivity contribution in [1.82, 2.24) is 4.98 Å². The summed E-state index contributed by atoms with van der Waals surface area (Å²) in [6.45, 7) is -0.513. The van der Waals surface area contributed by atoms with E-state index in [2.05, 4.69) is 4.98 Å². The number of aliphatic hydroxyl groups is 2. The minimum Gasteiger partial charge on any atom is -0.506 e. The van der Waals surface area contributed by atoms with E-state index in [1.54, 1.807) is 0 Å². The predicted molar refractivity (Wildman–Crippen MR) is 45.8 cm³/mol. The summed E-state index contributed by atoms with van der Waals surface area (Å²) < 4.78 is 0. The van der Waals surface area contributed by atoms with Gasteiger partial charge >= 0.3 is 0 Å². The molecule has 5 heteroatoms. The van der Waals surface area contributed by atoms with E-state index in [0.717, 1.165) is 0 Å². The predicted octanol–water partition coefficient (Wildman–Crippen LogP) is -0.728. The lowest BCUT2D eigenvalue weighted by Crippen LogP contribution is -2.16. The second-order valence-electron chi connectivity index (χ2n) is 2.65. The third-order valence-electron chi connectivity index (χ3n) is 1.67. The molecule has 0 fully saturated rings. The molecule has 0 bridgehead atoms. The average molecular weight is 184 g/mol. The van der Waals surface area contributed by atoms with Crippen molar-refractivity contribution >= 4 is 0 Å². The fraction of sp³-hybridized carbons (Fsp3) is 0.375. The first kappa shape index (κ1) is 9.91. The zero-order valence-electron chi connectivity index (χ0n) is 7.01. The van der Waals surface area contributed by atoms with Crippen LogP contribution >= 0.6 is 0 Å². The molecule has 5 N–H and O–H groups in total. The van der Waals surface area contributed by atoms with Crippen molar-refractivity contribution in [1.29, 1.82) is 0 Å². The standard InChI is InChI=1S/C8H12N2O3/c9-6(4-12)8-7(13)2-1-5(3-11)10-8/h1-2,6,11-13H,3-4,9H2. The second kappa shape index (κ2) is 4.18. The second-order valence-corrected chi connectivity index (χ2v) is 2.65. The van der Waals surface area contributed by atoms with Gasteiger partial charge in [0.2, 0.25) is 0 Å². The molecule has 1 unspecified atom stereocenters. The average Bonchev–Trinajstić information content (AvgIpc) is 2.17. The van der Waals surface area contributed by atoms with E-state index in [1.807, 2.05) is 0 Å². The summed E-state index contributed by atoms with van der Waals surface area (Å²) in [7, 11) is 0. The number of rotatable bonds is 3. The zero-order valence-corrected chi connectivity index (χ0v) is 7.01. The third-order valence-corrected chi connectivity index (χ3v) is 1.67. The van der Waals surface area contributed by atoms with Gasteiger partial charge in [-0.1, -0.05) is 0 Å². The summed E-state index contributed by atoms with van der Waals surface area (Å²) in [5.41, 5.74) is 6.08. The molecule has 0 aromatic carbocycles. The van der Waals surface area contributed by atoms with Crippen LogP contribution in [0.1, 0.15) is 17.4 Å². The van der Waals surface area contributed by atoms with Crippen molar-refractivity contribution in [3.8, 4) is 5.75 Å². The number of aromatic nitrogens is 1. The van der Waals surface area contributed by atoms with Gasteiger partial charge < -0.3 is 21.1 Å². The van der Waals surface area contributed by atoms with Gasteiger partial charge in [0, 0.05) is 0 Å². The lowest BCUT2D eigenvalue weighted by Gasteiger charge is -2.10. The SMILES string of the molecule is NC(CO)c1nc(CO)ccc1O. The fourth-order valence-corrected chi connectivity index (χ4v) is 0.957. The molecule has 0 aliphatic rings. The Kier molecular flexibility index (Phi) is 3.18. The van der Waals surface area contributed by atoms with Crippen molar-refractivity contribution < 1.29 is 15.3 Å². The van der Waals surface area contributed by atoms with Crippen molar-refractivity contribution in [3.63, 3.8) is 0 Å². The quantitative estimate of drug-likeness (QED) is 0.496. The fourth-order valence-electron chi connectivity index (χ4n) is 0.957. The van der Waals surface area contributed by atoms with Gasteiger partial charge in [-0.05, 0) is 12.1 Å². The summed E-state index contributed by atoms with van der Waals surface area (Å²) in [5.74, 6) is -0.0706. The first-order valence-corrected chi connectivity index (χ1v) is 3.85. The molecule has 0 saturated heterocycles. The van der Waals surface area contributed by atoms with E-state index in [9.17, 15) is 5.11 Å². The summed E-state index contributed by atoms with van der Waals surface area (Å²) in [6.07, 6.45) is 0. The van der Waals surface area contributed by atoms with Crippen LogP contribution in [0.3, 0.4) is 0 Å². The van der Waals surface area contributed by atoms with E-state index >= 15 is 0 Å². The lowest BCUT2D eigenvalue weighted by molar-refractivity contribution is 0.258. The molecule has 0 saturated carbocycles. The molecule has 72 valence electrons.